The monoisotopic (exact) mass is 406 g/mol. The van der Waals surface area contributed by atoms with Crippen molar-refractivity contribution in [1.29, 1.82) is 0 Å². The number of alkyl halides is 3. The van der Waals surface area contributed by atoms with Gasteiger partial charge < -0.3 is 9.80 Å². The molecule has 1 aliphatic heterocycles. The van der Waals surface area contributed by atoms with Gasteiger partial charge in [0.1, 0.15) is 5.82 Å². The van der Waals surface area contributed by atoms with Gasteiger partial charge in [0, 0.05) is 46.0 Å². The summed E-state index contributed by atoms with van der Waals surface area (Å²) in [4.78, 5) is 22.5. The molecule has 0 bridgehead atoms. The number of carbonyl (C=O) groups excluding carboxylic acids is 1. The Labute approximate surface area is 168 Å². The lowest BCUT2D eigenvalue weighted by atomic mass is 10.1. The van der Waals surface area contributed by atoms with Crippen LogP contribution in [0, 0.1) is 0 Å². The highest BCUT2D eigenvalue weighted by atomic mass is 19.4. The minimum absolute atomic E-state index is 0.0509. The van der Waals surface area contributed by atoms with Crippen LogP contribution in [0.4, 0.5) is 19.0 Å². The molecule has 1 unspecified atom stereocenters. The smallest absolute Gasteiger partial charge is 0.354 e. The van der Waals surface area contributed by atoms with E-state index in [9.17, 15) is 18.0 Å². The fourth-order valence-electron chi connectivity index (χ4n) is 3.49. The largest absolute Gasteiger partial charge is 0.417 e. The second-order valence-corrected chi connectivity index (χ2v) is 7.28. The third-order valence-electron chi connectivity index (χ3n) is 5.26. The number of anilines is 1. The number of hydrogen-bond acceptors (Lipinski definition) is 4. The molecule has 0 saturated carbocycles. The lowest BCUT2D eigenvalue weighted by molar-refractivity contribution is -0.138. The lowest BCUT2D eigenvalue weighted by Gasteiger charge is -2.39. The molecule has 1 aliphatic rings. The van der Waals surface area contributed by atoms with Crippen molar-refractivity contribution in [3.63, 3.8) is 0 Å². The van der Waals surface area contributed by atoms with Crippen LogP contribution in [0.5, 0.6) is 0 Å². The van der Waals surface area contributed by atoms with Crippen molar-refractivity contribution in [2.75, 3.05) is 38.1 Å². The minimum Gasteiger partial charge on any atom is -0.354 e. The second-order valence-electron chi connectivity index (χ2n) is 7.28. The third kappa shape index (κ3) is 5.26. The van der Waals surface area contributed by atoms with Gasteiger partial charge in [0.2, 0.25) is 5.91 Å². The van der Waals surface area contributed by atoms with Gasteiger partial charge in [0.15, 0.2) is 0 Å². The second kappa shape index (κ2) is 8.82. The summed E-state index contributed by atoms with van der Waals surface area (Å²) in [5.74, 6) is 0.577. The van der Waals surface area contributed by atoms with E-state index < -0.39 is 11.7 Å². The molecule has 1 fully saturated rings. The van der Waals surface area contributed by atoms with Gasteiger partial charge in [-0.15, -0.1) is 0 Å². The van der Waals surface area contributed by atoms with Crippen LogP contribution < -0.4 is 4.90 Å². The standard InChI is InChI=1S/C21H25F3N4O/c1-16(20(29)26(2)15-17-6-4-3-5-7-17)27-10-12-28(13-11-27)19-9-8-18(14-25-19)21(22,23)24/h3-9,14,16H,10-13,15H2,1-2H3. The molecular weight excluding hydrogens is 381 g/mol. The molecule has 0 spiro atoms. The van der Waals surface area contributed by atoms with Gasteiger partial charge in [-0.25, -0.2) is 4.98 Å². The van der Waals surface area contributed by atoms with Crippen molar-refractivity contribution < 1.29 is 18.0 Å². The van der Waals surface area contributed by atoms with Gasteiger partial charge in [-0.3, -0.25) is 9.69 Å². The summed E-state index contributed by atoms with van der Waals surface area (Å²) < 4.78 is 38.1. The number of piperazine rings is 1. The number of pyridine rings is 1. The van der Waals surface area contributed by atoms with E-state index in [2.05, 4.69) is 9.88 Å². The van der Waals surface area contributed by atoms with Crippen LogP contribution in [0.1, 0.15) is 18.1 Å². The first kappa shape index (κ1) is 21.1. The summed E-state index contributed by atoms with van der Waals surface area (Å²) >= 11 is 0. The summed E-state index contributed by atoms with van der Waals surface area (Å²) in [7, 11) is 1.80. The highest BCUT2D eigenvalue weighted by Gasteiger charge is 2.31. The van der Waals surface area contributed by atoms with E-state index in [1.165, 1.54) is 6.07 Å². The Morgan fingerprint density at radius 1 is 1.10 bits per heavy atom. The van der Waals surface area contributed by atoms with Gasteiger partial charge in [0.05, 0.1) is 11.6 Å². The molecule has 1 aromatic heterocycles. The fraction of sp³-hybridized carbons (Fsp3) is 0.429. The predicted molar refractivity (Wildman–Crippen MR) is 105 cm³/mol. The third-order valence-corrected chi connectivity index (χ3v) is 5.26. The number of likely N-dealkylation sites (N-methyl/N-ethyl adjacent to an activating group) is 1. The molecule has 1 atom stereocenters. The van der Waals surface area contributed by atoms with Crippen LogP contribution in [-0.2, 0) is 17.5 Å². The van der Waals surface area contributed by atoms with Gasteiger partial charge in [-0.1, -0.05) is 30.3 Å². The number of carbonyl (C=O) groups is 1. The maximum Gasteiger partial charge on any atom is 0.417 e. The number of benzene rings is 1. The topological polar surface area (TPSA) is 39.7 Å². The molecule has 2 heterocycles. The fourth-order valence-corrected chi connectivity index (χ4v) is 3.49. The molecule has 2 aromatic rings. The quantitative estimate of drug-likeness (QED) is 0.764. The Bertz CT molecular complexity index is 803. The zero-order valence-electron chi connectivity index (χ0n) is 16.6. The van der Waals surface area contributed by atoms with Crippen molar-refractivity contribution in [3.8, 4) is 0 Å². The number of rotatable bonds is 5. The van der Waals surface area contributed by atoms with E-state index in [-0.39, 0.29) is 11.9 Å². The number of hydrogen-bond donors (Lipinski definition) is 0. The summed E-state index contributed by atoms with van der Waals surface area (Å²) in [6.07, 6.45) is -3.52. The molecule has 3 rings (SSSR count). The average Bonchev–Trinajstić information content (AvgIpc) is 2.73. The first-order valence-corrected chi connectivity index (χ1v) is 9.57. The lowest BCUT2D eigenvalue weighted by Crippen LogP contribution is -2.54. The Morgan fingerprint density at radius 2 is 1.76 bits per heavy atom. The Hall–Kier alpha value is -2.61. The molecule has 8 heteroatoms. The molecule has 0 N–H and O–H groups in total. The van der Waals surface area contributed by atoms with Crippen LogP contribution >= 0.6 is 0 Å². The van der Waals surface area contributed by atoms with E-state index in [4.69, 9.17) is 0 Å². The normalized spacial score (nSPS) is 16.5. The molecule has 1 saturated heterocycles. The summed E-state index contributed by atoms with van der Waals surface area (Å²) in [5.41, 5.74) is 0.328. The molecule has 5 nitrogen and oxygen atoms in total. The van der Waals surface area contributed by atoms with Crippen LogP contribution in [-0.4, -0.2) is 60.0 Å². The Kier molecular flexibility index (Phi) is 6.42. The van der Waals surface area contributed by atoms with Gasteiger partial charge in [-0.2, -0.15) is 13.2 Å². The zero-order valence-corrected chi connectivity index (χ0v) is 16.6. The van der Waals surface area contributed by atoms with Crippen LogP contribution in [0.25, 0.3) is 0 Å². The van der Waals surface area contributed by atoms with Crippen molar-refractivity contribution >= 4 is 11.7 Å². The minimum atomic E-state index is -4.38. The van der Waals surface area contributed by atoms with Crippen LogP contribution in [0.2, 0.25) is 0 Å². The number of nitrogens with zero attached hydrogens (tertiary/aromatic N) is 4. The Morgan fingerprint density at radius 3 is 2.31 bits per heavy atom. The SMILES string of the molecule is CC(C(=O)N(C)Cc1ccccc1)N1CCN(c2ccc(C(F)(F)F)cn2)CC1. The van der Waals surface area contributed by atoms with E-state index in [1.54, 1.807) is 11.9 Å². The number of aromatic nitrogens is 1. The molecule has 0 aliphatic carbocycles. The van der Waals surface area contributed by atoms with E-state index in [0.717, 1.165) is 17.8 Å². The molecule has 0 radical (unpaired) electrons. The molecule has 29 heavy (non-hydrogen) atoms. The maximum absolute atomic E-state index is 12.8. The Balaban J connectivity index is 1.53. The molecule has 1 amide bonds. The van der Waals surface area contributed by atoms with Crippen molar-refractivity contribution in [2.24, 2.45) is 0 Å². The van der Waals surface area contributed by atoms with Gasteiger partial charge in [0.25, 0.3) is 0 Å². The van der Waals surface area contributed by atoms with Crippen molar-refractivity contribution in [2.45, 2.75) is 25.7 Å². The van der Waals surface area contributed by atoms with Crippen LogP contribution in [0.15, 0.2) is 48.7 Å². The summed E-state index contributed by atoms with van der Waals surface area (Å²) in [5, 5.41) is 0. The van der Waals surface area contributed by atoms with Crippen molar-refractivity contribution in [1.82, 2.24) is 14.8 Å². The molecule has 156 valence electrons. The van der Waals surface area contributed by atoms with E-state index in [0.29, 0.717) is 38.5 Å². The predicted octanol–water partition coefficient (Wildman–Crippen LogP) is 3.27. The van der Waals surface area contributed by atoms with Crippen LogP contribution in [0.3, 0.4) is 0 Å². The van der Waals surface area contributed by atoms with Gasteiger partial charge in [-0.05, 0) is 24.6 Å². The van der Waals surface area contributed by atoms with E-state index >= 15 is 0 Å². The maximum atomic E-state index is 12.8. The van der Waals surface area contributed by atoms with Gasteiger partial charge >= 0.3 is 6.18 Å². The summed E-state index contributed by atoms with van der Waals surface area (Å²) in [6.45, 7) is 4.97. The highest BCUT2D eigenvalue weighted by Crippen LogP contribution is 2.29. The summed E-state index contributed by atoms with van der Waals surface area (Å²) in [6, 6.07) is 12.0. The first-order chi connectivity index (χ1) is 13.8. The average molecular weight is 406 g/mol. The van der Waals surface area contributed by atoms with E-state index in [1.807, 2.05) is 42.2 Å². The molecule has 1 aromatic carbocycles. The molecular formula is C21H25F3N4O. The first-order valence-electron chi connectivity index (χ1n) is 9.57. The highest BCUT2D eigenvalue weighted by molar-refractivity contribution is 5.81. The zero-order chi connectivity index (χ0) is 21.0. The number of amides is 1. The number of halogens is 3. The van der Waals surface area contributed by atoms with Crippen molar-refractivity contribution in [3.05, 3.63) is 59.8 Å².